The number of hydrogen-bond donors (Lipinski definition) is 1. The first-order valence-corrected chi connectivity index (χ1v) is 6.36. The van der Waals surface area contributed by atoms with Crippen molar-refractivity contribution in [3.63, 3.8) is 0 Å². The van der Waals surface area contributed by atoms with E-state index in [2.05, 4.69) is 10.3 Å². The molecule has 0 spiro atoms. The van der Waals surface area contributed by atoms with Crippen molar-refractivity contribution in [2.24, 2.45) is 0 Å². The molecule has 1 atom stereocenters. The molecule has 3 nitrogen and oxygen atoms in total. The molecule has 112 valence electrons. The van der Waals surface area contributed by atoms with Crippen LogP contribution in [0.5, 0.6) is 5.88 Å². The zero-order valence-corrected chi connectivity index (χ0v) is 11.4. The molecule has 1 unspecified atom stereocenters. The third-order valence-electron chi connectivity index (χ3n) is 2.92. The number of methoxy groups -OCH3 is 1. The highest BCUT2D eigenvalue weighted by molar-refractivity contribution is 5.44. The standard InChI is InChI=1S/C15H15F3N2O/c1-21-14-8-7-12(10-19-14)20-13(9-15(16,17)18)11-5-3-2-4-6-11/h2-8,10,13,20H,9H2,1H3. The summed E-state index contributed by atoms with van der Waals surface area (Å²) in [5.74, 6) is 0.410. The molecule has 2 aromatic rings. The van der Waals surface area contributed by atoms with Crippen LogP contribution in [0.4, 0.5) is 18.9 Å². The molecule has 0 radical (unpaired) electrons. The Morgan fingerprint density at radius 1 is 1.14 bits per heavy atom. The van der Waals surface area contributed by atoms with E-state index in [4.69, 9.17) is 4.74 Å². The van der Waals surface area contributed by atoms with Gasteiger partial charge >= 0.3 is 6.18 Å². The lowest BCUT2D eigenvalue weighted by Gasteiger charge is -2.21. The fourth-order valence-electron chi connectivity index (χ4n) is 1.96. The first-order chi connectivity index (χ1) is 9.98. The maximum atomic E-state index is 12.7. The quantitative estimate of drug-likeness (QED) is 0.898. The van der Waals surface area contributed by atoms with Crippen LogP contribution >= 0.6 is 0 Å². The minimum absolute atomic E-state index is 0.410. The van der Waals surface area contributed by atoms with Gasteiger partial charge < -0.3 is 10.1 Å². The second kappa shape index (κ2) is 6.47. The number of hydrogen-bond acceptors (Lipinski definition) is 3. The number of rotatable bonds is 5. The lowest BCUT2D eigenvalue weighted by molar-refractivity contribution is -0.137. The van der Waals surface area contributed by atoms with Crippen LogP contribution in [0.15, 0.2) is 48.7 Å². The number of pyridine rings is 1. The predicted molar refractivity (Wildman–Crippen MR) is 74.3 cm³/mol. The number of aromatic nitrogens is 1. The second-order valence-corrected chi connectivity index (χ2v) is 4.52. The van der Waals surface area contributed by atoms with Crippen molar-refractivity contribution < 1.29 is 17.9 Å². The van der Waals surface area contributed by atoms with Crippen molar-refractivity contribution in [1.82, 2.24) is 4.98 Å². The maximum absolute atomic E-state index is 12.7. The average molecular weight is 296 g/mol. The smallest absolute Gasteiger partial charge is 0.391 e. The van der Waals surface area contributed by atoms with Crippen LogP contribution < -0.4 is 10.1 Å². The third-order valence-corrected chi connectivity index (χ3v) is 2.92. The Kier molecular flexibility index (Phi) is 4.67. The van der Waals surface area contributed by atoms with Gasteiger partial charge in [0.15, 0.2) is 0 Å². The minimum Gasteiger partial charge on any atom is -0.481 e. The highest BCUT2D eigenvalue weighted by Crippen LogP contribution is 2.32. The Morgan fingerprint density at radius 3 is 2.38 bits per heavy atom. The van der Waals surface area contributed by atoms with Gasteiger partial charge in [0.2, 0.25) is 5.88 Å². The highest BCUT2D eigenvalue weighted by Gasteiger charge is 2.32. The molecule has 0 saturated heterocycles. The summed E-state index contributed by atoms with van der Waals surface area (Å²) in [5, 5.41) is 2.87. The number of nitrogens with zero attached hydrogens (tertiary/aromatic N) is 1. The highest BCUT2D eigenvalue weighted by atomic mass is 19.4. The van der Waals surface area contributed by atoms with E-state index in [1.54, 1.807) is 42.5 Å². The first kappa shape index (κ1) is 15.2. The average Bonchev–Trinajstić information content (AvgIpc) is 2.47. The Hall–Kier alpha value is -2.24. The minimum atomic E-state index is -4.26. The second-order valence-electron chi connectivity index (χ2n) is 4.52. The van der Waals surface area contributed by atoms with E-state index >= 15 is 0 Å². The molecule has 0 amide bonds. The van der Waals surface area contributed by atoms with E-state index in [1.165, 1.54) is 13.3 Å². The summed E-state index contributed by atoms with van der Waals surface area (Å²) in [7, 11) is 1.48. The Labute approximate surface area is 120 Å². The lowest BCUT2D eigenvalue weighted by atomic mass is 10.0. The van der Waals surface area contributed by atoms with Crippen molar-refractivity contribution in [1.29, 1.82) is 0 Å². The van der Waals surface area contributed by atoms with Crippen LogP contribution in [0.25, 0.3) is 0 Å². The number of halogens is 3. The summed E-state index contributed by atoms with van der Waals surface area (Å²) in [4.78, 5) is 3.97. The van der Waals surface area contributed by atoms with Gasteiger partial charge in [-0.25, -0.2) is 4.98 Å². The van der Waals surface area contributed by atoms with Crippen LogP contribution in [0.3, 0.4) is 0 Å². The van der Waals surface area contributed by atoms with E-state index in [1.807, 2.05) is 0 Å². The number of anilines is 1. The predicted octanol–water partition coefficient (Wildman–Crippen LogP) is 4.20. The number of benzene rings is 1. The molecule has 1 aromatic carbocycles. The zero-order chi connectivity index (χ0) is 15.3. The summed E-state index contributed by atoms with van der Waals surface area (Å²) in [6, 6.07) is 10.9. The number of alkyl halides is 3. The molecule has 0 fully saturated rings. The number of ether oxygens (including phenoxy) is 1. The van der Waals surface area contributed by atoms with Crippen molar-refractivity contribution in [3.8, 4) is 5.88 Å². The van der Waals surface area contributed by atoms with E-state index in [0.29, 0.717) is 17.1 Å². The molecule has 21 heavy (non-hydrogen) atoms. The van der Waals surface area contributed by atoms with Gasteiger partial charge in [0, 0.05) is 6.07 Å². The summed E-state index contributed by atoms with van der Waals surface area (Å²) < 4.78 is 43.1. The van der Waals surface area contributed by atoms with E-state index < -0.39 is 18.6 Å². The summed E-state index contributed by atoms with van der Waals surface area (Å²) >= 11 is 0. The number of nitrogens with one attached hydrogen (secondary N) is 1. The zero-order valence-electron chi connectivity index (χ0n) is 11.4. The molecule has 1 aromatic heterocycles. The van der Waals surface area contributed by atoms with Crippen LogP contribution in [-0.2, 0) is 0 Å². The molecule has 6 heteroatoms. The summed E-state index contributed by atoms with van der Waals surface area (Å²) in [6.07, 6.45) is -3.76. The van der Waals surface area contributed by atoms with E-state index in [9.17, 15) is 13.2 Å². The van der Waals surface area contributed by atoms with Gasteiger partial charge in [-0.15, -0.1) is 0 Å². The van der Waals surface area contributed by atoms with Crippen molar-refractivity contribution in [2.75, 3.05) is 12.4 Å². The molecule has 1 N–H and O–H groups in total. The molecule has 0 aliphatic heterocycles. The molecule has 0 saturated carbocycles. The van der Waals surface area contributed by atoms with Gasteiger partial charge in [0.25, 0.3) is 0 Å². The topological polar surface area (TPSA) is 34.1 Å². The molecular weight excluding hydrogens is 281 g/mol. The molecule has 0 bridgehead atoms. The SMILES string of the molecule is COc1ccc(NC(CC(F)(F)F)c2ccccc2)cn1. The lowest BCUT2D eigenvalue weighted by Crippen LogP contribution is -2.20. The van der Waals surface area contributed by atoms with Gasteiger partial charge in [-0.1, -0.05) is 30.3 Å². The third kappa shape index (κ3) is 4.66. The van der Waals surface area contributed by atoms with Crippen LogP contribution in [0, 0.1) is 0 Å². The van der Waals surface area contributed by atoms with Gasteiger partial charge in [-0.3, -0.25) is 0 Å². The fraction of sp³-hybridized carbons (Fsp3) is 0.267. The largest absolute Gasteiger partial charge is 0.481 e. The molecule has 2 rings (SSSR count). The summed E-state index contributed by atoms with van der Waals surface area (Å²) in [6.45, 7) is 0. The van der Waals surface area contributed by atoms with Gasteiger partial charge in [0.1, 0.15) is 0 Å². The Bertz CT molecular complexity index is 555. The van der Waals surface area contributed by atoms with Gasteiger partial charge in [0.05, 0.1) is 31.5 Å². The molecule has 0 aliphatic carbocycles. The van der Waals surface area contributed by atoms with Crippen LogP contribution in [0.2, 0.25) is 0 Å². The van der Waals surface area contributed by atoms with Crippen LogP contribution in [-0.4, -0.2) is 18.3 Å². The Morgan fingerprint density at radius 2 is 1.86 bits per heavy atom. The van der Waals surface area contributed by atoms with Gasteiger partial charge in [-0.2, -0.15) is 13.2 Å². The normalized spacial score (nSPS) is 12.8. The molecule has 0 aliphatic rings. The fourth-order valence-corrected chi connectivity index (χ4v) is 1.96. The van der Waals surface area contributed by atoms with Crippen molar-refractivity contribution in [2.45, 2.75) is 18.6 Å². The van der Waals surface area contributed by atoms with E-state index in [0.717, 1.165) is 0 Å². The summed E-state index contributed by atoms with van der Waals surface area (Å²) in [5.41, 5.74) is 1.08. The Balaban J connectivity index is 2.19. The van der Waals surface area contributed by atoms with Crippen LogP contribution in [0.1, 0.15) is 18.0 Å². The van der Waals surface area contributed by atoms with E-state index in [-0.39, 0.29) is 0 Å². The van der Waals surface area contributed by atoms with Gasteiger partial charge in [-0.05, 0) is 11.6 Å². The molecule has 1 heterocycles. The first-order valence-electron chi connectivity index (χ1n) is 6.36. The van der Waals surface area contributed by atoms with Crippen molar-refractivity contribution >= 4 is 5.69 Å². The monoisotopic (exact) mass is 296 g/mol. The molecular formula is C15H15F3N2O. The van der Waals surface area contributed by atoms with Crippen molar-refractivity contribution in [3.05, 3.63) is 54.2 Å². The maximum Gasteiger partial charge on any atom is 0.391 e.